The van der Waals surface area contributed by atoms with Crippen LogP contribution in [-0.2, 0) is 0 Å². The number of rotatable bonds is 7. The van der Waals surface area contributed by atoms with Crippen LogP contribution in [0.2, 0.25) is 0 Å². The second-order valence-corrected chi connectivity index (χ2v) is 9.88. The molecule has 2 aromatic carbocycles. The second-order valence-electron chi connectivity index (χ2n) is 9.88. The fourth-order valence-electron chi connectivity index (χ4n) is 5.52. The molecule has 174 valence electrons. The van der Waals surface area contributed by atoms with Gasteiger partial charge in [-0.1, -0.05) is 36.4 Å². The van der Waals surface area contributed by atoms with Gasteiger partial charge >= 0.3 is 0 Å². The third-order valence-corrected chi connectivity index (χ3v) is 7.31. The molecule has 0 amide bonds. The Balaban J connectivity index is 1.12. The van der Waals surface area contributed by atoms with Gasteiger partial charge in [0, 0.05) is 32.1 Å². The van der Waals surface area contributed by atoms with Crippen molar-refractivity contribution >= 4 is 22.7 Å². The molecule has 0 bridgehead atoms. The van der Waals surface area contributed by atoms with Crippen molar-refractivity contribution in [2.75, 3.05) is 37.4 Å². The minimum atomic E-state index is -0.306. The van der Waals surface area contributed by atoms with E-state index >= 15 is 0 Å². The average Bonchev–Trinajstić information content (AvgIpc) is 3.15. The Labute approximate surface area is 196 Å². The summed E-state index contributed by atoms with van der Waals surface area (Å²) in [6.07, 6.45) is 5.24. The fourth-order valence-corrected chi connectivity index (χ4v) is 5.52. The van der Waals surface area contributed by atoms with Crippen LogP contribution in [0.5, 0.6) is 0 Å². The second kappa shape index (κ2) is 9.65. The van der Waals surface area contributed by atoms with E-state index in [0.29, 0.717) is 17.9 Å². The van der Waals surface area contributed by atoms with E-state index in [1.807, 2.05) is 32.3 Å². The van der Waals surface area contributed by atoms with Crippen LogP contribution >= 0.6 is 0 Å². The van der Waals surface area contributed by atoms with Crippen LogP contribution in [0.4, 0.5) is 11.8 Å². The molecule has 1 saturated carbocycles. The molecule has 0 spiro atoms. The van der Waals surface area contributed by atoms with E-state index in [0.717, 1.165) is 60.6 Å². The summed E-state index contributed by atoms with van der Waals surface area (Å²) >= 11 is 0. The first kappa shape index (κ1) is 22.1. The van der Waals surface area contributed by atoms with Crippen LogP contribution in [0.25, 0.3) is 10.9 Å². The van der Waals surface area contributed by atoms with Gasteiger partial charge in [-0.15, -0.1) is 0 Å². The largest absolute Gasteiger partial charge is 0.388 e. The summed E-state index contributed by atoms with van der Waals surface area (Å²) in [7, 11) is 4.06. The monoisotopic (exact) mass is 445 g/mol. The number of para-hydroxylation sites is 1. The van der Waals surface area contributed by atoms with Crippen molar-refractivity contribution in [3.8, 4) is 0 Å². The van der Waals surface area contributed by atoms with Gasteiger partial charge in [-0.25, -0.2) is 4.98 Å². The van der Waals surface area contributed by atoms with Crippen LogP contribution in [-0.4, -0.2) is 48.3 Å². The van der Waals surface area contributed by atoms with Crippen molar-refractivity contribution in [2.45, 2.75) is 50.2 Å². The summed E-state index contributed by atoms with van der Waals surface area (Å²) in [6, 6.07) is 17.0. The highest BCUT2D eigenvalue weighted by Crippen LogP contribution is 2.39. The van der Waals surface area contributed by atoms with Gasteiger partial charge in [-0.05, 0) is 73.7 Å². The lowest BCUT2D eigenvalue weighted by atomic mass is 9.86. The Morgan fingerprint density at radius 3 is 2.42 bits per heavy atom. The summed E-state index contributed by atoms with van der Waals surface area (Å²) < 4.78 is 0. The van der Waals surface area contributed by atoms with E-state index in [1.54, 1.807) is 0 Å². The van der Waals surface area contributed by atoms with Crippen LogP contribution < -0.4 is 15.5 Å². The number of aromatic nitrogens is 2. The molecule has 1 fully saturated rings. The summed E-state index contributed by atoms with van der Waals surface area (Å²) in [6.45, 7) is 2.00. The molecule has 3 N–H and O–H groups in total. The molecule has 6 nitrogen and oxygen atoms in total. The number of nitrogens with zero attached hydrogens (tertiary/aromatic N) is 3. The van der Waals surface area contributed by atoms with Crippen molar-refractivity contribution in [2.24, 2.45) is 5.92 Å². The molecule has 2 unspecified atom stereocenters. The van der Waals surface area contributed by atoms with E-state index in [2.05, 4.69) is 45.9 Å². The Kier molecular flexibility index (Phi) is 6.47. The molecule has 0 aliphatic heterocycles. The van der Waals surface area contributed by atoms with Crippen molar-refractivity contribution in [3.05, 3.63) is 59.7 Å². The molecule has 2 atom stereocenters. The standard InChI is InChI=1S/C27H35N5O/c1-32(2)26-23-9-5-6-10-24(23)30-27(31-26)29-20-13-11-18(12-14-20)16-28-17-19-15-25(33)22-8-4-3-7-21(19)22/h3-10,18-20,25,28,33H,11-17H2,1-2H3,(H,29,30,31). The van der Waals surface area contributed by atoms with Gasteiger partial charge in [0.15, 0.2) is 0 Å². The molecule has 6 heteroatoms. The zero-order chi connectivity index (χ0) is 22.8. The zero-order valence-corrected chi connectivity index (χ0v) is 19.7. The van der Waals surface area contributed by atoms with E-state index in [-0.39, 0.29) is 6.10 Å². The molecule has 5 rings (SSSR count). The third-order valence-electron chi connectivity index (χ3n) is 7.31. The Bertz CT molecular complexity index is 1090. The first-order valence-corrected chi connectivity index (χ1v) is 12.3. The Morgan fingerprint density at radius 2 is 1.64 bits per heavy atom. The van der Waals surface area contributed by atoms with Crippen molar-refractivity contribution in [1.82, 2.24) is 15.3 Å². The lowest BCUT2D eigenvalue weighted by Crippen LogP contribution is -2.33. The summed E-state index contributed by atoms with van der Waals surface area (Å²) in [5.41, 5.74) is 3.41. The average molecular weight is 446 g/mol. The lowest BCUT2D eigenvalue weighted by Gasteiger charge is -2.30. The van der Waals surface area contributed by atoms with Gasteiger partial charge in [-0.2, -0.15) is 4.98 Å². The lowest BCUT2D eigenvalue weighted by molar-refractivity contribution is 0.172. The highest BCUT2D eigenvalue weighted by atomic mass is 16.3. The van der Waals surface area contributed by atoms with E-state index in [9.17, 15) is 5.11 Å². The van der Waals surface area contributed by atoms with Crippen LogP contribution in [0, 0.1) is 5.92 Å². The predicted molar refractivity (Wildman–Crippen MR) is 135 cm³/mol. The molecular weight excluding hydrogens is 410 g/mol. The van der Waals surface area contributed by atoms with Gasteiger partial charge < -0.3 is 20.6 Å². The van der Waals surface area contributed by atoms with Gasteiger partial charge in [0.2, 0.25) is 5.95 Å². The van der Waals surface area contributed by atoms with Gasteiger partial charge in [0.05, 0.1) is 11.6 Å². The first-order valence-electron chi connectivity index (χ1n) is 12.3. The molecular formula is C27H35N5O. The maximum absolute atomic E-state index is 10.3. The summed E-state index contributed by atoms with van der Waals surface area (Å²) in [5, 5.41) is 18.7. The predicted octanol–water partition coefficient (Wildman–Crippen LogP) is 4.48. The van der Waals surface area contributed by atoms with Crippen LogP contribution in [0.1, 0.15) is 55.3 Å². The third kappa shape index (κ3) is 4.82. The summed E-state index contributed by atoms with van der Waals surface area (Å²) in [5.74, 6) is 2.82. The number of nitrogens with one attached hydrogen (secondary N) is 2. The van der Waals surface area contributed by atoms with Crippen molar-refractivity contribution in [1.29, 1.82) is 0 Å². The number of aliphatic hydroxyl groups excluding tert-OH is 1. The van der Waals surface area contributed by atoms with Crippen molar-refractivity contribution < 1.29 is 5.11 Å². The minimum absolute atomic E-state index is 0.306. The molecule has 2 aliphatic rings. The Morgan fingerprint density at radius 1 is 0.909 bits per heavy atom. The summed E-state index contributed by atoms with van der Waals surface area (Å²) in [4.78, 5) is 11.6. The number of fused-ring (bicyclic) bond motifs is 2. The Hall–Kier alpha value is -2.70. The number of hydrogen-bond donors (Lipinski definition) is 3. The maximum Gasteiger partial charge on any atom is 0.225 e. The smallest absolute Gasteiger partial charge is 0.225 e. The maximum atomic E-state index is 10.3. The molecule has 33 heavy (non-hydrogen) atoms. The topological polar surface area (TPSA) is 73.3 Å². The fraction of sp³-hybridized carbons (Fsp3) is 0.481. The quantitative estimate of drug-likeness (QED) is 0.498. The molecule has 3 aromatic rings. The highest BCUT2D eigenvalue weighted by molar-refractivity contribution is 5.90. The first-order chi connectivity index (χ1) is 16.1. The number of benzene rings is 2. The zero-order valence-electron chi connectivity index (χ0n) is 19.7. The van der Waals surface area contributed by atoms with Gasteiger partial charge in [-0.3, -0.25) is 0 Å². The minimum Gasteiger partial charge on any atom is -0.388 e. The molecule has 1 heterocycles. The molecule has 1 aromatic heterocycles. The van der Waals surface area contributed by atoms with Crippen molar-refractivity contribution in [3.63, 3.8) is 0 Å². The normalized spacial score (nSPS) is 24.6. The number of aliphatic hydroxyl groups is 1. The van der Waals surface area contributed by atoms with Gasteiger partial charge in [0.25, 0.3) is 0 Å². The molecule has 0 saturated heterocycles. The van der Waals surface area contributed by atoms with E-state index < -0.39 is 0 Å². The van der Waals surface area contributed by atoms with Gasteiger partial charge in [0.1, 0.15) is 5.82 Å². The number of anilines is 2. The molecule has 0 radical (unpaired) electrons. The van der Waals surface area contributed by atoms with Crippen LogP contribution in [0.3, 0.4) is 0 Å². The highest BCUT2D eigenvalue weighted by Gasteiger charge is 2.29. The number of hydrogen-bond acceptors (Lipinski definition) is 6. The van der Waals surface area contributed by atoms with E-state index in [1.165, 1.54) is 18.4 Å². The molecule has 2 aliphatic carbocycles. The van der Waals surface area contributed by atoms with E-state index in [4.69, 9.17) is 9.97 Å². The SMILES string of the molecule is CN(C)c1nc(NC2CCC(CNCC3CC(O)c4ccccc43)CC2)nc2ccccc12. The van der Waals surface area contributed by atoms with Crippen LogP contribution in [0.15, 0.2) is 48.5 Å².